The van der Waals surface area contributed by atoms with Crippen molar-refractivity contribution in [3.8, 4) is 10.7 Å². The van der Waals surface area contributed by atoms with E-state index in [0.717, 1.165) is 34.1 Å². The smallest absolute Gasteiger partial charge is 0.171 e. The molecular weight excluding hydrogens is 234 g/mol. The van der Waals surface area contributed by atoms with E-state index in [-0.39, 0.29) is 5.78 Å². The number of rotatable bonds is 4. The molecule has 0 atom stereocenters. The largest absolute Gasteiger partial charge is 0.294 e. The molecular formula is C12H13N3OS. The molecule has 0 unspecified atom stereocenters. The van der Waals surface area contributed by atoms with E-state index in [2.05, 4.69) is 21.9 Å². The monoisotopic (exact) mass is 247 g/mol. The number of ketones is 1. The van der Waals surface area contributed by atoms with Crippen molar-refractivity contribution in [2.75, 3.05) is 0 Å². The van der Waals surface area contributed by atoms with Crippen molar-refractivity contribution in [1.82, 2.24) is 15.0 Å². The fourth-order valence-corrected chi connectivity index (χ4v) is 2.52. The van der Waals surface area contributed by atoms with Crippen LogP contribution in [0.5, 0.6) is 0 Å². The first-order chi connectivity index (χ1) is 8.22. The number of carbonyl (C=O) groups excluding carboxylic acids is 1. The molecule has 2 rings (SSSR count). The number of carbonyl (C=O) groups is 1. The highest BCUT2D eigenvalue weighted by molar-refractivity contribution is 7.17. The van der Waals surface area contributed by atoms with Crippen LogP contribution in [0.15, 0.2) is 18.6 Å². The molecule has 0 aromatic carbocycles. The Morgan fingerprint density at radius 1 is 1.41 bits per heavy atom. The number of aromatic nitrogens is 3. The van der Waals surface area contributed by atoms with Gasteiger partial charge in [-0.15, -0.1) is 11.3 Å². The van der Waals surface area contributed by atoms with Crippen molar-refractivity contribution >= 4 is 17.1 Å². The highest BCUT2D eigenvalue weighted by atomic mass is 32.1. The Labute approximate surface area is 104 Å². The molecule has 5 heteroatoms. The molecule has 2 aromatic rings. The van der Waals surface area contributed by atoms with Crippen molar-refractivity contribution in [3.05, 3.63) is 29.2 Å². The minimum absolute atomic E-state index is 0.0705. The molecule has 0 amide bonds. The number of hydrogen-bond acceptors (Lipinski definition) is 5. The van der Waals surface area contributed by atoms with Gasteiger partial charge in [-0.2, -0.15) is 0 Å². The quantitative estimate of drug-likeness (QED) is 0.779. The maximum absolute atomic E-state index is 11.5. The number of Topliss-reactive ketones (excluding diaryl/α,β-unsaturated/α-hetero) is 1. The van der Waals surface area contributed by atoms with Crippen molar-refractivity contribution in [1.29, 1.82) is 0 Å². The van der Waals surface area contributed by atoms with E-state index < -0.39 is 0 Å². The molecule has 0 aliphatic rings. The van der Waals surface area contributed by atoms with Gasteiger partial charge in [0.15, 0.2) is 5.78 Å². The van der Waals surface area contributed by atoms with Gasteiger partial charge in [-0.25, -0.2) is 4.98 Å². The Bertz CT molecular complexity index is 522. The molecule has 0 saturated carbocycles. The Morgan fingerprint density at radius 3 is 2.82 bits per heavy atom. The number of aryl methyl sites for hydroxylation is 1. The maximum Gasteiger partial charge on any atom is 0.171 e. The lowest BCUT2D eigenvalue weighted by atomic mass is 10.2. The summed E-state index contributed by atoms with van der Waals surface area (Å²) in [6.07, 6.45) is 6.72. The third-order valence-corrected chi connectivity index (χ3v) is 3.51. The van der Waals surface area contributed by atoms with Crippen LogP contribution in [0.1, 0.15) is 35.6 Å². The highest BCUT2D eigenvalue weighted by Crippen LogP contribution is 2.27. The zero-order valence-electron chi connectivity index (χ0n) is 9.80. The molecule has 2 heterocycles. The summed E-state index contributed by atoms with van der Waals surface area (Å²) in [6, 6.07) is 0. The van der Waals surface area contributed by atoms with Gasteiger partial charge in [-0.05, 0) is 6.42 Å². The predicted octanol–water partition coefficient (Wildman–Crippen LogP) is 2.76. The van der Waals surface area contributed by atoms with Gasteiger partial charge in [0.1, 0.15) is 10.7 Å². The second kappa shape index (κ2) is 5.14. The van der Waals surface area contributed by atoms with Crippen LogP contribution in [0.4, 0.5) is 0 Å². The van der Waals surface area contributed by atoms with E-state index in [1.165, 1.54) is 11.3 Å². The molecule has 4 nitrogen and oxygen atoms in total. The first-order valence-electron chi connectivity index (χ1n) is 5.49. The molecule has 0 radical (unpaired) electrons. The topological polar surface area (TPSA) is 55.7 Å². The molecule has 0 aliphatic carbocycles. The maximum atomic E-state index is 11.5. The zero-order valence-corrected chi connectivity index (χ0v) is 10.6. The summed E-state index contributed by atoms with van der Waals surface area (Å²) in [4.78, 5) is 25.0. The lowest BCUT2D eigenvalue weighted by Crippen LogP contribution is -1.95. The number of hydrogen-bond donors (Lipinski definition) is 0. The normalized spacial score (nSPS) is 10.5. The first kappa shape index (κ1) is 11.9. The second-order valence-electron chi connectivity index (χ2n) is 3.69. The standard InChI is InChI=1S/C12H13N3OS/c1-3-4-9-11(8(2)16)17-12(15-9)10-7-13-5-6-14-10/h5-7H,3-4H2,1-2H3. The molecule has 0 aliphatic heterocycles. The Kier molecular flexibility index (Phi) is 3.58. The van der Waals surface area contributed by atoms with Crippen molar-refractivity contribution in [2.45, 2.75) is 26.7 Å². The fourth-order valence-electron chi connectivity index (χ4n) is 1.55. The molecule has 0 N–H and O–H groups in total. The van der Waals surface area contributed by atoms with Crippen molar-refractivity contribution in [3.63, 3.8) is 0 Å². The van der Waals surface area contributed by atoms with Gasteiger partial charge in [0, 0.05) is 19.3 Å². The van der Waals surface area contributed by atoms with Gasteiger partial charge in [0.2, 0.25) is 0 Å². The SMILES string of the molecule is CCCc1nc(-c2cnccn2)sc1C(C)=O. The summed E-state index contributed by atoms with van der Waals surface area (Å²) in [6.45, 7) is 3.65. The summed E-state index contributed by atoms with van der Waals surface area (Å²) in [7, 11) is 0. The average molecular weight is 247 g/mol. The van der Waals surface area contributed by atoms with E-state index in [9.17, 15) is 4.79 Å². The molecule has 0 fully saturated rings. The van der Waals surface area contributed by atoms with Crippen LogP contribution in [0, 0.1) is 0 Å². The zero-order chi connectivity index (χ0) is 12.3. The van der Waals surface area contributed by atoms with Crippen LogP contribution in [0.25, 0.3) is 10.7 Å². The van der Waals surface area contributed by atoms with Crippen LogP contribution in [-0.4, -0.2) is 20.7 Å². The highest BCUT2D eigenvalue weighted by Gasteiger charge is 2.15. The lowest BCUT2D eigenvalue weighted by Gasteiger charge is -1.94. The van der Waals surface area contributed by atoms with E-state index in [0.29, 0.717) is 0 Å². The third-order valence-electron chi connectivity index (χ3n) is 2.29. The van der Waals surface area contributed by atoms with Crippen LogP contribution in [0.3, 0.4) is 0 Å². The van der Waals surface area contributed by atoms with Crippen LogP contribution in [0.2, 0.25) is 0 Å². The van der Waals surface area contributed by atoms with E-state index in [1.54, 1.807) is 25.5 Å². The molecule has 0 spiro atoms. The van der Waals surface area contributed by atoms with Gasteiger partial charge in [0.05, 0.1) is 16.8 Å². The molecule has 0 bridgehead atoms. The van der Waals surface area contributed by atoms with Crippen LogP contribution in [-0.2, 0) is 6.42 Å². The van der Waals surface area contributed by atoms with Gasteiger partial charge in [0.25, 0.3) is 0 Å². The number of thiazole rings is 1. The van der Waals surface area contributed by atoms with E-state index in [1.807, 2.05) is 0 Å². The summed E-state index contributed by atoms with van der Waals surface area (Å²) >= 11 is 1.40. The van der Waals surface area contributed by atoms with Gasteiger partial charge >= 0.3 is 0 Å². The Hall–Kier alpha value is -1.62. The molecule has 2 aromatic heterocycles. The van der Waals surface area contributed by atoms with Crippen molar-refractivity contribution < 1.29 is 4.79 Å². The van der Waals surface area contributed by atoms with Gasteiger partial charge in [-0.3, -0.25) is 14.8 Å². The minimum atomic E-state index is 0.0705. The summed E-state index contributed by atoms with van der Waals surface area (Å²) in [5.41, 5.74) is 1.60. The van der Waals surface area contributed by atoms with Crippen molar-refractivity contribution in [2.24, 2.45) is 0 Å². The van der Waals surface area contributed by atoms with E-state index >= 15 is 0 Å². The lowest BCUT2D eigenvalue weighted by molar-refractivity contribution is 0.102. The first-order valence-corrected chi connectivity index (χ1v) is 6.31. The molecule has 0 saturated heterocycles. The van der Waals surface area contributed by atoms with Crippen LogP contribution < -0.4 is 0 Å². The minimum Gasteiger partial charge on any atom is -0.294 e. The van der Waals surface area contributed by atoms with Gasteiger partial charge in [-0.1, -0.05) is 13.3 Å². The summed E-state index contributed by atoms with van der Waals surface area (Å²) in [5, 5.41) is 0.770. The summed E-state index contributed by atoms with van der Waals surface area (Å²) < 4.78 is 0. The fraction of sp³-hybridized carbons (Fsp3) is 0.333. The van der Waals surface area contributed by atoms with E-state index in [4.69, 9.17) is 0 Å². The Morgan fingerprint density at radius 2 is 2.24 bits per heavy atom. The molecule has 17 heavy (non-hydrogen) atoms. The summed E-state index contributed by atoms with van der Waals surface area (Å²) in [5.74, 6) is 0.0705. The second-order valence-corrected chi connectivity index (χ2v) is 4.69. The predicted molar refractivity (Wildman–Crippen MR) is 67.1 cm³/mol. The third kappa shape index (κ3) is 2.55. The molecule has 88 valence electrons. The van der Waals surface area contributed by atoms with Crippen LogP contribution >= 0.6 is 11.3 Å². The number of nitrogens with zero attached hydrogens (tertiary/aromatic N) is 3. The average Bonchev–Trinajstić information content (AvgIpc) is 2.75. The van der Waals surface area contributed by atoms with Gasteiger partial charge < -0.3 is 0 Å². The Balaban J connectivity index is 2.44.